The van der Waals surface area contributed by atoms with Crippen molar-refractivity contribution in [3.63, 3.8) is 0 Å². The minimum absolute atomic E-state index is 0.0806. The first-order chi connectivity index (χ1) is 12.6. The molecule has 0 aliphatic carbocycles. The van der Waals surface area contributed by atoms with Crippen molar-refractivity contribution in [1.82, 2.24) is 24.6 Å². The molecule has 0 atom stereocenters. The van der Waals surface area contributed by atoms with E-state index in [4.69, 9.17) is 5.26 Å². The lowest BCUT2D eigenvalue weighted by atomic mass is 10.3. The van der Waals surface area contributed by atoms with Crippen LogP contribution in [0.4, 0.5) is 4.39 Å². The van der Waals surface area contributed by atoms with Crippen LogP contribution >= 0.6 is 11.8 Å². The number of aromatic nitrogens is 4. The van der Waals surface area contributed by atoms with Crippen LogP contribution in [0.15, 0.2) is 41.8 Å². The Morgan fingerprint density at radius 3 is 2.85 bits per heavy atom. The molecule has 132 valence electrons. The maximum Gasteiger partial charge on any atom is 0.232 e. The molecule has 1 amide bonds. The Labute approximate surface area is 153 Å². The van der Waals surface area contributed by atoms with Crippen molar-refractivity contribution in [3.8, 4) is 11.8 Å². The van der Waals surface area contributed by atoms with E-state index < -0.39 is 0 Å². The largest absolute Gasteiger partial charge is 0.344 e. The lowest BCUT2D eigenvalue weighted by Gasteiger charge is -2.14. The Morgan fingerprint density at radius 2 is 2.12 bits per heavy atom. The third-order valence-corrected chi connectivity index (χ3v) is 4.71. The van der Waals surface area contributed by atoms with Crippen LogP contribution in [0.3, 0.4) is 0 Å². The molecule has 2 heterocycles. The van der Waals surface area contributed by atoms with Crippen molar-refractivity contribution in [2.45, 2.75) is 11.4 Å². The Bertz CT molecular complexity index is 966. The Balaban J connectivity index is 1.79. The number of carbonyl (C=O) groups is 1. The molecule has 26 heavy (non-hydrogen) atoms. The molecule has 0 saturated heterocycles. The van der Waals surface area contributed by atoms with Crippen LogP contribution in [0.2, 0.25) is 0 Å². The van der Waals surface area contributed by atoms with Gasteiger partial charge < -0.3 is 4.90 Å². The fraction of sp³-hybridized carbons (Fsp3) is 0.235. The van der Waals surface area contributed by atoms with E-state index in [0.29, 0.717) is 34.7 Å². The van der Waals surface area contributed by atoms with Gasteiger partial charge in [0.25, 0.3) is 0 Å². The zero-order valence-electron chi connectivity index (χ0n) is 14.0. The lowest BCUT2D eigenvalue weighted by molar-refractivity contribution is -0.127. The first-order valence-electron chi connectivity index (χ1n) is 7.78. The highest BCUT2D eigenvalue weighted by molar-refractivity contribution is 8.00. The summed E-state index contributed by atoms with van der Waals surface area (Å²) in [5.41, 5.74) is 1.27. The van der Waals surface area contributed by atoms with E-state index in [1.807, 2.05) is 6.07 Å². The summed E-state index contributed by atoms with van der Waals surface area (Å²) in [5, 5.41) is 14.3. The maximum absolute atomic E-state index is 13.1. The second-order valence-corrected chi connectivity index (χ2v) is 6.43. The molecule has 1 aromatic carbocycles. The number of halogens is 1. The van der Waals surface area contributed by atoms with E-state index in [1.54, 1.807) is 30.1 Å². The highest BCUT2D eigenvalue weighted by Gasteiger charge is 2.14. The number of nitriles is 1. The van der Waals surface area contributed by atoms with E-state index in [1.165, 1.54) is 35.1 Å². The number of benzene rings is 1. The highest BCUT2D eigenvalue weighted by Crippen LogP contribution is 2.26. The molecule has 0 aliphatic heterocycles. The molecule has 3 aromatic rings. The SMILES string of the molecule is CN(CCC#N)C(=O)CSc1ncnc2c1cnn2-c1ccc(F)cc1. The number of fused-ring (bicyclic) bond motifs is 1. The Kier molecular flexibility index (Phi) is 5.43. The van der Waals surface area contributed by atoms with Gasteiger partial charge in [-0.1, -0.05) is 11.8 Å². The van der Waals surface area contributed by atoms with Crippen molar-refractivity contribution in [2.75, 3.05) is 19.3 Å². The molecule has 0 aliphatic rings. The highest BCUT2D eigenvalue weighted by atomic mass is 32.2. The number of hydrogen-bond donors (Lipinski definition) is 0. The summed E-state index contributed by atoms with van der Waals surface area (Å²) in [6.07, 6.45) is 3.34. The number of carbonyl (C=O) groups excluding carboxylic acids is 1. The van der Waals surface area contributed by atoms with Crippen molar-refractivity contribution < 1.29 is 9.18 Å². The zero-order valence-corrected chi connectivity index (χ0v) is 14.8. The van der Waals surface area contributed by atoms with Crippen LogP contribution < -0.4 is 0 Å². The molecule has 0 fully saturated rings. The van der Waals surface area contributed by atoms with E-state index in [2.05, 4.69) is 15.1 Å². The van der Waals surface area contributed by atoms with Crippen molar-refractivity contribution in [2.24, 2.45) is 0 Å². The summed E-state index contributed by atoms with van der Waals surface area (Å²) in [5.74, 6) is -0.200. The minimum atomic E-state index is -0.324. The topological polar surface area (TPSA) is 87.7 Å². The minimum Gasteiger partial charge on any atom is -0.344 e. The summed E-state index contributed by atoms with van der Waals surface area (Å²) in [6.45, 7) is 0.400. The average Bonchev–Trinajstić information content (AvgIpc) is 3.09. The van der Waals surface area contributed by atoms with Gasteiger partial charge in [0.1, 0.15) is 17.2 Å². The van der Waals surface area contributed by atoms with Crippen LogP contribution in [-0.4, -0.2) is 49.9 Å². The second kappa shape index (κ2) is 7.93. The number of nitrogens with zero attached hydrogens (tertiary/aromatic N) is 6. The molecule has 0 N–H and O–H groups in total. The average molecular weight is 370 g/mol. The van der Waals surface area contributed by atoms with Gasteiger partial charge in [0, 0.05) is 13.6 Å². The summed E-state index contributed by atoms with van der Waals surface area (Å²) in [4.78, 5) is 22.1. The van der Waals surface area contributed by atoms with Crippen LogP contribution in [-0.2, 0) is 4.79 Å². The van der Waals surface area contributed by atoms with Gasteiger partial charge in [-0.3, -0.25) is 4.79 Å². The van der Waals surface area contributed by atoms with E-state index in [-0.39, 0.29) is 17.5 Å². The molecule has 7 nitrogen and oxygen atoms in total. The molecule has 0 unspecified atom stereocenters. The van der Waals surface area contributed by atoms with E-state index in [0.717, 1.165) is 0 Å². The Hall–Kier alpha value is -2.99. The monoisotopic (exact) mass is 370 g/mol. The van der Waals surface area contributed by atoms with E-state index in [9.17, 15) is 9.18 Å². The number of hydrogen-bond acceptors (Lipinski definition) is 6. The third-order valence-electron chi connectivity index (χ3n) is 3.72. The maximum atomic E-state index is 13.1. The van der Waals surface area contributed by atoms with Gasteiger partial charge in [-0.2, -0.15) is 10.4 Å². The molecule has 2 aromatic heterocycles. The molecular formula is C17H15FN6OS. The molecular weight excluding hydrogens is 355 g/mol. The van der Waals surface area contributed by atoms with Gasteiger partial charge in [0.2, 0.25) is 5.91 Å². The van der Waals surface area contributed by atoms with Crippen LogP contribution in [0, 0.1) is 17.1 Å². The van der Waals surface area contributed by atoms with E-state index >= 15 is 0 Å². The fourth-order valence-electron chi connectivity index (χ4n) is 2.29. The summed E-state index contributed by atoms with van der Waals surface area (Å²) < 4.78 is 14.7. The van der Waals surface area contributed by atoms with Crippen molar-refractivity contribution >= 4 is 28.7 Å². The third kappa shape index (κ3) is 3.81. The summed E-state index contributed by atoms with van der Waals surface area (Å²) in [7, 11) is 1.67. The van der Waals surface area contributed by atoms with Gasteiger partial charge in [-0.15, -0.1) is 0 Å². The first-order valence-corrected chi connectivity index (χ1v) is 8.77. The summed E-state index contributed by atoms with van der Waals surface area (Å²) >= 11 is 1.29. The van der Waals surface area contributed by atoms with Gasteiger partial charge in [0.05, 0.1) is 35.5 Å². The van der Waals surface area contributed by atoms with Crippen molar-refractivity contribution in [1.29, 1.82) is 5.26 Å². The standard InChI is InChI=1S/C17H15FN6OS/c1-23(8-2-7-19)15(25)10-26-17-14-9-22-24(16(14)20-11-21-17)13-5-3-12(18)4-6-13/h3-6,9,11H,2,8,10H2,1H3. The zero-order chi connectivity index (χ0) is 18.5. The predicted molar refractivity (Wildman–Crippen MR) is 95.2 cm³/mol. The first kappa shape index (κ1) is 17.8. The number of amides is 1. The van der Waals surface area contributed by atoms with Gasteiger partial charge in [-0.25, -0.2) is 19.0 Å². The van der Waals surface area contributed by atoms with Crippen LogP contribution in [0.1, 0.15) is 6.42 Å². The van der Waals surface area contributed by atoms with Crippen LogP contribution in [0.25, 0.3) is 16.7 Å². The quantitative estimate of drug-likeness (QED) is 0.489. The second-order valence-electron chi connectivity index (χ2n) is 5.46. The predicted octanol–water partition coefficient (Wildman–Crippen LogP) is 2.42. The van der Waals surface area contributed by atoms with Gasteiger partial charge in [-0.05, 0) is 24.3 Å². The Morgan fingerprint density at radius 1 is 1.35 bits per heavy atom. The fourth-order valence-corrected chi connectivity index (χ4v) is 3.19. The van der Waals surface area contributed by atoms with Crippen molar-refractivity contribution in [3.05, 3.63) is 42.6 Å². The molecule has 0 spiro atoms. The normalized spacial score (nSPS) is 10.7. The molecule has 0 radical (unpaired) electrons. The lowest BCUT2D eigenvalue weighted by Crippen LogP contribution is -2.29. The smallest absolute Gasteiger partial charge is 0.232 e. The van der Waals surface area contributed by atoms with Gasteiger partial charge in [0.15, 0.2) is 5.65 Å². The molecule has 0 saturated carbocycles. The van der Waals surface area contributed by atoms with Gasteiger partial charge >= 0.3 is 0 Å². The molecule has 3 rings (SSSR count). The molecule has 0 bridgehead atoms. The number of rotatable bonds is 6. The summed E-state index contributed by atoms with van der Waals surface area (Å²) in [6, 6.07) is 7.96. The number of thioether (sulfide) groups is 1. The molecule has 9 heteroatoms. The van der Waals surface area contributed by atoms with Crippen LogP contribution in [0.5, 0.6) is 0 Å².